The van der Waals surface area contributed by atoms with Gasteiger partial charge in [-0.2, -0.15) is 5.10 Å². The number of aryl methyl sites for hydroxylation is 2. The van der Waals surface area contributed by atoms with E-state index in [4.69, 9.17) is 9.47 Å². The van der Waals surface area contributed by atoms with Gasteiger partial charge in [0.2, 0.25) is 11.8 Å². The van der Waals surface area contributed by atoms with Gasteiger partial charge in [0.05, 0.1) is 35.5 Å². The molecule has 3 heterocycles. The Morgan fingerprint density at radius 3 is 2.69 bits per heavy atom. The fourth-order valence-electron chi connectivity index (χ4n) is 4.69. The number of anilines is 2. The number of fused-ring (bicyclic) bond motifs is 2. The highest BCUT2D eigenvalue weighted by Gasteiger charge is 2.39. The predicted octanol–water partition coefficient (Wildman–Crippen LogP) is 2.88. The molecule has 35 heavy (non-hydrogen) atoms. The van der Waals surface area contributed by atoms with Crippen molar-refractivity contribution in [3.05, 3.63) is 35.7 Å². The minimum absolute atomic E-state index is 0.0884. The van der Waals surface area contributed by atoms with Crippen molar-refractivity contribution in [3.8, 4) is 5.75 Å². The first-order chi connectivity index (χ1) is 16.7. The highest BCUT2D eigenvalue weighted by atomic mass is 16.5. The average Bonchev–Trinajstić information content (AvgIpc) is 3.12. The van der Waals surface area contributed by atoms with Crippen LogP contribution in [0.3, 0.4) is 0 Å². The number of nitrogens with zero attached hydrogens (tertiary/aromatic N) is 3. The lowest BCUT2D eigenvalue weighted by Crippen LogP contribution is -2.53. The maximum Gasteiger partial charge on any atom is 0.257 e. The SMILES string of the molecule is CCCC(=O)Nc1ccc2c(c1)C(=O)N(C)[C@H]1CC[C@H](CC(=O)Nc3cn(C)nc3C)O[C@@H]1CO2. The molecule has 0 saturated carbocycles. The number of amides is 3. The second kappa shape index (κ2) is 10.5. The van der Waals surface area contributed by atoms with Gasteiger partial charge in [0.25, 0.3) is 5.91 Å². The Balaban J connectivity index is 1.42. The normalized spacial score (nSPS) is 21.8. The molecule has 0 unspecified atom stereocenters. The predicted molar refractivity (Wildman–Crippen MR) is 130 cm³/mol. The maximum atomic E-state index is 13.3. The average molecular weight is 484 g/mol. The number of ether oxygens (including phenoxy) is 2. The van der Waals surface area contributed by atoms with E-state index in [0.717, 1.165) is 12.1 Å². The van der Waals surface area contributed by atoms with E-state index in [0.29, 0.717) is 42.0 Å². The van der Waals surface area contributed by atoms with Gasteiger partial charge < -0.3 is 25.0 Å². The molecule has 1 saturated heterocycles. The molecule has 10 nitrogen and oxygen atoms in total. The lowest BCUT2D eigenvalue weighted by atomic mass is 9.94. The Morgan fingerprint density at radius 2 is 1.97 bits per heavy atom. The van der Waals surface area contributed by atoms with Gasteiger partial charge in [-0.25, -0.2) is 0 Å². The van der Waals surface area contributed by atoms with Crippen LogP contribution < -0.4 is 15.4 Å². The van der Waals surface area contributed by atoms with Crippen LogP contribution in [0.4, 0.5) is 11.4 Å². The molecule has 0 spiro atoms. The molecule has 188 valence electrons. The molecule has 4 rings (SSSR count). The second-order valence-electron chi connectivity index (χ2n) is 9.23. The number of aromatic nitrogens is 2. The fourth-order valence-corrected chi connectivity index (χ4v) is 4.69. The van der Waals surface area contributed by atoms with Crippen LogP contribution in [0.5, 0.6) is 5.75 Å². The van der Waals surface area contributed by atoms with Crippen molar-refractivity contribution >= 4 is 29.1 Å². The number of nitrogens with one attached hydrogen (secondary N) is 2. The van der Waals surface area contributed by atoms with Crippen LogP contribution >= 0.6 is 0 Å². The van der Waals surface area contributed by atoms with Crippen molar-refractivity contribution in [2.75, 3.05) is 24.3 Å². The molecule has 0 radical (unpaired) electrons. The van der Waals surface area contributed by atoms with Crippen LogP contribution in [-0.2, 0) is 21.4 Å². The minimum Gasteiger partial charge on any atom is -0.490 e. The van der Waals surface area contributed by atoms with Gasteiger partial charge in [-0.15, -0.1) is 0 Å². The van der Waals surface area contributed by atoms with E-state index in [1.54, 1.807) is 48.1 Å². The van der Waals surface area contributed by atoms with Crippen LogP contribution in [0, 0.1) is 6.92 Å². The summed E-state index contributed by atoms with van der Waals surface area (Å²) in [7, 11) is 3.57. The number of carbonyl (C=O) groups excluding carboxylic acids is 3. The zero-order valence-electron chi connectivity index (χ0n) is 20.7. The molecule has 2 aliphatic rings. The molecular weight excluding hydrogens is 450 g/mol. The molecule has 0 aliphatic carbocycles. The Hall–Kier alpha value is -3.40. The largest absolute Gasteiger partial charge is 0.490 e. The van der Waals surface area contributed by atoms with Crippen molar-refractivity contribution in [2.45, 2.75) is 64.2 Å². The first kappa shape index (κ1) is 24.7. The number of likely N-dealkylation sites (N-methyl/N-ethyl adjacent to an activating group) is 1. The van der Waals surface area contributed by atoms with E-state index in [9.17, 15) is 14.4 Å². The van der Waals surface area contributed by atoms with Gasteiger partial charge in [0, 0.05) is 32.4 Å². The molecule has 1 aromatic carbocycles. The number of benzene rings is 1. The Bertz CT molecular complexity index is 1110. The van der Waals surface area contributed by atoms with Crippen molar-refractivity contribution in [3.63, 3.8) is 0 Å². The van der Waals surface area contributed by atoms with Gasteiger partial charge >= 0.3 is 0 Å². The third-order valence-electron chi connectivity index (χ3n) is 6.47. The van der Waals surface area contributed by atoms with Gasteiger partial charge in [0.15, 0.2) is 0 Å². The van der Waals surface area contributed by atoms with Crippen LogP contribution in [0.15, 0.2) is 24.4 Å². The molecule has 1 aromatic heterocycles. The Morgan fingerprint density at radius 1 is 1.17 bits per heavy atom. The molecule has 3 atom stereocenters. The number of rotatable bonds is 6. The zero-order valence-corrected chi connectivity index (χ0v) is 20.7. The van der Waals surface area contributed by atoms with Crippen LogP contribution in [0.25, 0.3) is 0 Å². The van der Waals surface area contributed by atoms with E-state index in [1.807, 2.05) is 13.8 Å². The van der Waals surface area contributed by atoms with E-state index < -0.39 is 0 Å². The molecule has 2 N–H and O–H groups in total. The first-order valence-corrected chi connectivity index (χ1v) is 12.0. The molecule has 1 fully saturated rings. The van der Waals surface area contributed by atoms with E-state index >= 15 is 0 Å². The summed E-state index contributed by atoms with van der Waals surface area (Å²) in [6.45, 7) is 4.04. The first-order valence-electron chi connectivity index (χ1n) is 12.0. The topological polar surface area (TPSA) is 115 Å². The van der Waals surface area contributed by atoms with Crippen LogP contribution in [0.2, 0.25) is 0 Å². The summed E-state index contributed by atoms with van der Waals surface area (Å²) >= 11 is 0. The summed E-state index contributed by atoms with van der Waals surface area (Å²) < 4.78 is 13.9. The third-order valence-corrected chi connectivity index (χ3v) is 6.47. The summed E-state index contributed by atoms with van der Waals surface area (Å²) in [6.07, 6.45) is 3.88. The van der Waals surface area contributed by atoms with Crippen molar-refractivity contribution in [1.29, 1.82) is 0 Å². The van der Waals surface area contributed by atoms with E-state index in [1.165, 1.54) is 0 Å². The van der Waals surface area contributed by atoms with Crippen molar-refractivity contribution in [2.24, 2.45) is 7.05 Å². The monoisotopic (exact) mass is 483 g/mol. The second-order valence-corrected chi connectivity index (χ2v) is 9.23. The van der Waals surface area contributed by atoms with Crippen LogP contribution in [-0.4, -0.2) is 64.3 Å². The molecule has 2 aromatic rings. The number of hydrogen-bond donors (Lipinski definition) is 2. The van der Waals surface area contributed by atoms with Gasteiger partial charge in [-0.05, 0) is 44.4 Å². The number of hydrogen-bond acceptors (Lipinski definition) is 6. The maximum absolute atomic E-state index is 13.3. The quantitative estimate of drug-likeness (QED) is 0.653. The summed E-state index contributed by atoms with van der Waals surface area (Å²) in [5, 5.41) is 9.98. The molecule has 2 aliphatic heterocycles. The van der Waals surface area contributed by atoms with Crippen molar-refractivity contribution < 1.29 is 23.9 Å². The summed E-state index contributed by atoms with van der Waals surface area (Å²) in [6, 6.07) is 4.93. The highest BCUT2D eigenvalue weighted by molar-refractivity contribution is 5.99. The lowest BCUT2D eigenvalue weighted by Gasteiger charge is -2.42. The Labute approximate surface area is 204 Å². The Kier molecular flexibility index (Phi) is 7.39. The van der Waals surface area contributed by atoms with Gasteiger partial charge in [-0.1, -0.05) is 6.92 Å². The smallest absolute Gasteiger partial charge is 0.257 e. The summed E-state index contributed by atoms with van der Waals surface area (Å²) in [5.74, 6) is 0.0377. The van der Waals surface area contributed by atoms with E-state index in [-0.39, 0.29) is 49.0 Å². The van der Waals surface area contributed by atoms with Crippen LogP contribution in [0.1, 0.15) is 55.1 Å². The number of carbonyl (C=O) groups is 3. The molecule has 0 bridgehead atoms. The zero-order chi connectivity index (χ0) is 25.1. The third kappa shape index (κ3) is 5.64. The molecular formula is C25H33N5O5. The molecule has 10 heteroatoms. The summed E-state index contributed by atoms with van der Waals surface area (Å²) in [5.41, 5.74) is 2.42. The van der Waals surface area contributed by atoms with E-state index in [2.05, 4.69) is 15.7 Å². The standard InChI is InChI=1S/C25H33N5O5/c1-5-6-23(31)26-16-7-10-21-18(11-16)25(33)30(4)20-9-8-17(35-22(20)14-34-21)12-24(32)27-19-13-29(3)28-15(19)2/h7,10-11,13,17,20,22H,5-6,8-9,12,14H2,1-4H3,(H,26,31)(H,27,32)/t17-,20+,22-/m1/s1. The minimum atomic E-state index is -0.354. The summed E-state index contributed by atoms with van der Waals surface area (Å²) in [4.78, 5) is 39.6. The van der Waals surface area contributed by atoms with Crippen molar-refractivity contribution in [1.82, 2.24) is 14.7 Å². The van der Waals surface area contributed by atoms with Gasteiger partial charge in [-0.3, -0.25) is 19.1 Å². The molecule has 3 amide bonds. The lowest BCUT2D eigenvalue weighted by molar-refractivity contribution is -0.130. The highest BCUT2D eigenvalue weighted by Crippen LogP contribution is 2.32. The fraction of sp³-hybridized carbons (Fsp3) is 0.520. The van der Waals surface area contributed by atoms with Gasteiger partial charge in [0.1, 0.15) is 18.5 Å².